The lowest BCUT2D eigenvalue weighted by molar-refractivity contribution is -0.137. The molecule has 0 saturated heterocycles. The number of aliphatic carboxylic acids is 1. The maximum atomic E-state index is 10.4. The van der Waals surface area contributed by atoms with Crippen molar-refractivity contribution in [1.82, 2.24) is 0 Å². The van der Waals surface area contributed by atoms with Crippen LogP contribution in [0.25, 0.3) is 0 Å². The SMILES string of the molecule is N[C@@H](CC(=O)O)CC1CCCCC1. The van der Waals surface area contributed by atoms with Gasteiger partial charge in [0.25, 0.3) is 0 Å². The van der Waals surface area contributed by atoms with Gasteiger partial charge in [-0.15, -0.1) is 0 Å². The molecule has 0 aliphatic heterocycles. The first kappa shape index (κ1) is 10.5. The largest absolute Gasteiger partial charge is 0.481 e. The summed E-state index contributed by atoms with van der Waals surface area (Å²) in [6.07, 6.45) is 7.43. The summed E-state index contributed by atoms with van der Waals surface area (Å²) in [4.78, 5) is 10.4. The molecule has 1 atom stereocenters. The molecular weight excluding hydrogens is 166 g/mol. The molecule has 3 nitrogen and oxygen atoms in total. The third kappa shape index (κ3) is 4.27. The zero-order valence-corrected chi connectivity index (χ0v) is 8.04. The Morgan fingerprint density at radius 2 is 2.00 bits per heavy atom. The molecule has 13 heavy (non-hydrogen) atoms. The minimum atomic E-state index is -0.775. The molecule has 3 heteroatoms. The monoisotopic (exact) mass is 185 g/mol. The van der Waals surface area contributed by atoms with Gasteiger partial charge in [-0.3, -0.25) is 4.79 Å². The van der Waals surface area contributed by atoms with Gasteiger partial charge in [0.15, 0.2) is 0 Å². The molecule has 1 saturated carbocycles. The molecular formula is C10H19NO2. The summed E-state index contributed by atoms with van der Waals surface area (Å²) in [6.45, 7) is 0. The Bertz CT molecular complexity index is 164. The summed E-state index contributed by atoms with van der Waals surface area (Å²) in [6, 6.07) is -0.138. The molecule has 0 spiro atoms. The lowest BCUT2D eigenvalue weighted by Gasteiger charge is -2.23. The van der Waals surface area contributed by atoms with Gasteiger partial charge < -0.3 is 10.8 Å². The fraction of sp³-hybridized carbons (Fsp3) is 0.900. The summed E-state index contributed by atoms with van der Waals surface area (Å²) in [5.74, 6) is -0.0913. The van der Waals surface area contributed by atoms with Gasteiger partial charge in [0.05, 0.1) is 6.42 Å². The number of rotatable bonds is 4. The molecule has 1 fully saturated rings. The Labute approximate surface area is 79.3 Å². The molecule has 0 aromatic heterocycles. The van der Waals surface area contributed by atoms with E-state index in [9.17, 15) is 4.79 Å². The number of carbonyl (C=O) groups is 1. The van der Waals surface area contributed by atoms with Gasteiger partial charge in [0.1, 0.15) is 0 Å². The van der Waals surface area contributed by atoms with Crippen molar-refractivity contribution < 1.29 is 9.90 Å². The van der Waals surface area contributed by atoms with Crippen LogP contribution in [-0.2, 0) is 4.79 Å². The van der Waals surface area contributed by atoms with Crippen LogP contribution in [0.3, 0.4) is 0 Å². The maximum Gasteiger partial charge on any atom is 0.304 e. The second-order valence-corrected chi connectivity index (χ2v) is 4.10. The van der Waals surface area contributed by atoms with Gasteiger partial charge in [0, 0.05) is 6.04 Å². The summed E-state index contributed by atoms with van der Waals surface area (Å²) >= 11 is 0. The minimum Gasteiger partial charge on any atom is -0.481 e. The Hall–Kier alpha value is -0.570. The quantitative estimate of drug-likeness (QED) is 0.701. The first-order valence-electron chi connectivity index (χ1n) is 5.16. The Kier molecular flexibility index (Phi) is 4.22. The smallest absolute Gasteiger partial charge is 0.304 e. The predicted octanol–water partition coefficient (Wildman–Crippen LogP) is 1.76. The van der Waals surface area contributed by atoms with E-state index < -0.39 is 5.97 Å². The highest BCUT2D eigenvalue weighted by Gasteiger charge is 2.17. The number of carboxylic acids is 1. The lowest BCUT2D eigenvalue weighted by Crippen LogP contribution is -2.27. The van der Waals surface area contributed by atoms with Crippen molar-refractivity contribution >= 4 is 5.97 Å². The van der Waals surface area contributed by atoms with Gasteiger partial charge in [-0.2, -0.15) is 0 Å². The molecule has 3 N–H and O–H groups in total. The van der Waals surface area contributed by atoms with E-state index in [4.69, 9.17) is 10.8 Å². The Morgan fingerprint density at radius 1 is 1.38 bits per heavy atom. The molecule has 0 aromatic rings. The van der Waals surface area contributed by atoms with Crippen LogP contribution < -0.4 is 5.73 Å². The van der Waals surface area contributed by atoms with Crippen molar-refractivity contribution in [2.45, 2.75) is 51.0 Å². The molecule has 0 aromatic carbocycles. The van der Waals surface area contributed by atoms with Crippen molar-refractivity contribution in [3.8, 4) is 0 Å². The van der Waals surface area contributed by atoms with E-state index in [1.807, 2.05) is 0 Å². The van der Waals surface area contributed by atoms with E-state index in [2.05, 4.69) is 0 Å². The van der Waals surface area contributed by atoms with Crippen molar-refractivity contribution in [3.63, 3.8) is 0 Å². The Morgan fingerprint density at radius 3 is 2.54 bits per heavy atom. The van der Waals surface area contributed by atoms with Crippen LogP contribution in [-0.4, -0.2) is 17.1 Å². The van der Waals surface area contributed by atoms with E-state index in [1.165, 1.54) is 32.1 Å². The normalized spacial score (nSPS) is 21.3. The van der Waals surface area contributed by atoms with E-state index in [-0.39, 0.29) is 12.5 Å². The van der Waals surface area contributed by atoms with Crippen molar-refractivity contribution in [3.05, 3.63) is 0 Å². The summed E-state index contributed by atoms with van der Waals surface area (Å²) in [5.41, 5.74) is 5.72. The summed E-state index contributed by atoms with van der Waals surface area (Å²) in [7, 11) is 0. The zero-order valence-electron chi connectivity index (χ0n) is 8.04. The fourth-order valence-electron chi connectivity index (χ4n) is 2.16. The van der Waals surface area contributed by atoms with Gasteiger partial charge in [-0.05, 0) is 12.3 Å². The minimum absolute atomic E-state index is 0.122. The number of hydrogen-bond donors (Lipinski definition) is 2. The molecule has 1 rings (SSSR count). The number of hydrogen-bond acceptors (Lipinski definition) is 2. The third-order valence-corrected chi connectivity index (χ3v) is 2.80. The second-order valence-electron chi connectivity index (χ2n) is 4.10. The highest BCUT2D eigenvalue weighted by molar-refractivity contribution is 5.67. The van der Waals surface area contributed by atoms with E-state index in [0.717, 1.165) is 6.42 Å². The predicted molar refractivity (Wildman–Crippen MR) is 51.4 cm³/mol. The van der Waals surface area contributed by atoms with E-state index >= 15 is 0 Å². The molecule has 0 bridgehead atoms. The molecule has 0 radical (unpaired) electrons. The standard InChI is InChI=1S/C10H19NO2/c11-9(7-10(12)13)6-8-4-2-1-3-5-8/h8-9H,1-7,11H2,(H,12,13)/t9-/m1/s1. The third-order valence-electron chi connectivity index (χ3n) is 2.80. The van der Waals surface area contributed by atoms with E-state index in [0.29, 0.717) is 5.92 Å². The van der Waals surface area contributed by atoms with Crippen LogP contribution >= 0.6 is 0 Å². The van der Waals surface area contributed by atoms with Crippen LogP contribution in [0.2, 0.25) is 0 Å². The molecule has 76 valence electrons. The molecule has 1 aliphatic rings. The zero-order chi connectivity index (χ0) is 9.68. The van der Waals surface area contributed by atoms with Gasteiger partial charge >= 0.3 is 5.97 Å². The summed E-state index contributed by atoms with van der Waals surface area (Å²) < 4.78 is 0. The number of carboxylic acid groups (broad SMARTS) is 1. The first-order chi connectivity index (χ1) is 6.18. The highest BCUT2D eigenvalue weighted by atomic mass is 16.4. The molecule has 0 heterocycles. The van der Waals surface area contributed by atoms with Gasteiger partial charge in [-0.1, -0.05) is 32.1 Å². The topological polar surface area (TPSA) is 63.3 Å². The first-order valence-corrected chi connectivity index (χ1v) is 5.16. The van der Waals surface area contributed by atoms with Crippen LogP contribution in [0.4, 0.5) is 0 Å². The van der Waals surface area contributed by atoms with Gasteiger partial charge in [-0.25, -0.2) is 0 Å². The highest BCUT2D eigenvalue weighted by Crippen LogP contribution is 2.27. The van der Waals surface area contributed by atoms with Crippen molar-refractivity contribution in [2.24, 2.45) is 11.7 Å². The number of nitrogens with two attached hydrogens (primary N) is 1. The second kappa shape index (κ2) is 5.22. The van der Waals surface area contributed by atoms with Crippen LogP contribution in [0.1, 0.15) is 44.9 Å². The maximum absolute atomic E-state index is 10.4. The van der Waals surface area contributed by atoms with Gasteiger partial charge in [0.2, 0.25) is 0 Å². The average Bonchev–Trinajstić information content (AvgIpc) is 2.04. The molecule has 0 amide bonds. The molecule has 1 aliphatic carbocycles. The molecule has 0 unspecified atom stereocenters. The summed E-state index contributed by atoms with van der Waals surface area (Å²) in [5, 5.41) is 8.53. The van der Waals surface area contributed by atoms with Crippen LogP contribution in [0.15, 0.2) is 0 Å². The van der Waals surface area contributed by atoms with Crippen LogP contribution in [0, 0.1) is 5.92 Å². The lowest BCUT2D eigenvalue weighted by atomic mass is 9.84. The van der Waals surface area contributed by atoms with Crippen LogP contribution in [0.5, 0.6) is 0 Å². The van der Waals surface area contributed by atoms with Crippen molar-refractivity contribution in [1.29, 1.82) is 0 Å². The fourth-order valence-corrected chi connectivity index (χ4v) is 2.16. The van der Waals surface area contributed by atoms with E-state index in [1.54, 1.807) is 0 Å². The van der Waals surface area contributed by atoms with Crippen molar-refractivity contribution in [2.75, 3.05) is 0 Å². The Balaban J connectivity index is 2.18. The average molecular weight is 185 g/mol.